The molecule has 1 saturated carbocycles. The van der Waals surface area contributed by atoms with Crippen LogP contribution in [0.1, 0.15) is 104 Å². The lowest BCUT2D eigenvalue weighted by molar-refractivity contribution is -0.211. The number of ether oxygens (including phenoxy) is 1. The Morgan fingerprint density at radius 1 is 1.09 bits per heavy atom. The van der Waals surface area contributed by atoms with Crippen molar-refractivity contribution in [2.45, 2.75) is 99.6 Å². The average molecular weight is 610 g/mol. The van der Waals surface area contributed by atoms with Gasteiger partial charge in [0.25, 0.3) is 0 Å². The molecule has 1 aromatic rings. The van der Waals surface area contributed by atoms with E-state index in [1.165, 1.54) is 6.92 Å². The standard InChI is InChI=1S/C35H47NO8/c1-11-13-23(32(42)44-12-2)36-22-15-14-21-18(6)33(9)20(8)34(10)26(16(3)4)17(5)24(19(7)37)30(40)35(34,43)31(41)27(33)29(39)25(21)28(22)38/h14-16,18,20,23,26-27,36,38,43H,11-13H2,1-10H3/t18-,20-,23?,26+,27?,33-,34-,35+/m0/s1. The van der Waals surface area contributed by atoms with E-state index in [0.717, 1.165) is 0 Å². The number of nitrogens with one attached hydrogen (secondary N) is 1. The number of allylic oxidation sites excluding steroid dienone is 1. The van der Waals surface area contributed by atoms with Gasteiger partial charge in [0.05, 0.1) is 29.3 Å². The van der Waals surface area contributed by atoms with Gasteiger partial charge in [0.1, 0.15) is 11.8 Å². The number of carbonyl (C=O) groups is 5. The van der Waals surface area contributed by atoms with Crippen LogP contribution in [0.15, 0.2) is 23.3 Å². The van der Waals surface area contributed by atoms with Crippen LogP contribution >= 0.6 is 0 Å². The van der Waals surface area contributed by atoms with Crippen LogP contribution in [-0.4, -0.2) is 57.6 Å². The van der Waals surface area contributed by atoms with E-state index in [9.17, 15) is 34.2 Å². The number of rotatable bonds is 8. The van der Waals surface area contributed by atoms with Crippen molar-refractivity contribution in [2.75, 3.05) is 11.9 Å². The molecule has 9 nitrogen and oxygen atoms in total. The number of anilines is 1. The molecule has 1 fully saturated rings. The maximum atomic E-state index is 14.7. The first-order valence-corrected chi connectivity index (χ1v) is 15.8. The summed E-state index contributed by atoms with van der Waals surface area (Å²) in [6.07, 6.45) is 1.08. The molecular formula is C35H47NO8. The number of phenols is 1. The first kappa shape index (κ1) is 33.6. The fourth-order valence-electron chi connectivity index (χ4n) is 9.23. The van der Waals surface area contributed by atoms with Gasteiger partial charge < -0.3 is 20.3 Å². The van der Waals surface area contributed by atoms with Gasteiger partial charge in [-0.2, -0.15) is 0 Å². The van der Waals surface area contributed by atoms with Crippen LogP contribution in [0.2, 0.25) is 0 Å². The third kappa shape index (κ3) is 4.17. The van der Waals surface area contributed by atoms with Crippen molar-refractivity contribution in [1.82, 2.24) is 0 Å². The predicted octanol–water partition coefficient (Wildman–Crippen LogP) is 5.17. The molecule has 0 radical (unpaired) electrons. The highest BCUT2D eigenvalue weighted by molar-refractivity contribution is 6.33. The second-order valence-electron chi connectivity index (χ2n) is 13.8. The minimum atomic E-state index is -2.62. The number of fused-ring (bicyclic) bond motifs is 3. The van der Waals surface area contributed by atoms with Crippen molar-refractivity contribution in [3.8, 4) is 5.75 Å². The molecular weight excluding hydrogens is 562 g/mol. The Labute approximate surface area is 259 Å². The molecule has 3 N–H and O–H groups in total. The van der Waals surface area contributed by atoms with Gasteiger partial charge in [-0.05, 0) is 67.9 Å². The van der Waals surface area contributed by atoms with E-state index in [1.807, 2.05) is 41.5 Å². The Kier molecular flexibility index (Phi) is 8.57. The second kappa shape index (κ2) is 11.2. The van der Waals surface area contributed by atoms with Gasteiger partial charge in [0, 0.05) is 5.41 Å². The van der Waals surface area contributed by atoms with Gasteiger partial charge in [0.15, 0.2) is 23.0 Å². The highest BCUT2D eigenvalue weighted by Gasteiger charge is 2.77. The van der Waals surface area contributed by atoms with Gasteiger partial charge in [-0.15, -0.1) is 0 Å². The second-order valence-corrected chi connectivity index (χ2v) is 13.8. The van der Waals surface area contributed by atoms with Crippen molar-refractivity contribution in [2.24, 2.45) is 34.5 Å². The maximum absolute atomic E-state index is 14.7. The molecule has 4 rings (SSSR count). The molecule has 0 aromatic heterocycles. The topological polar surface area (TPSA) is 147 Å². The predicted molar refractivity (Wildman–Crippen MR) is 165 cm³/mol. The molecule has 0 heterocycles. The van der Waals surface area contributed by atoms with E-state index in [-0.39, 0.29) is 29.3 Å². The highest BCUT2D eigenvalue weighted by atomic mass is 16.5. The maximum Gasteiger partial charge on any atom is 0.328 e. The van der Waals surface area contributed by atoms with E-state index in [1.54, 1.807) is 32.9 Å². The Morgan fingerprint density at radius 2 is 1.70 bits per heavy atom. The Hall–Kier alpha value is -3.33. The summed E-state index contributed by atoms with van der Waals surface area (Å²) >= 11 is 0. The van der Waals surface area contributed by atoms with E-state index in [0.29, 0.717) is 24.0 Å². The largest absolute Gasteiger partial charge is 0.505 e. The van der Waals surface area contributed by atoms with Crippen LogP contribution in [-0.2, 0) is 23.9 Å². The summed E-state index contributed by atoms with van der Waals surface area (Å²) in [7, 11) is 0. The first-order valence-electron chi connectivity index (χ1n) is 15.8. The zero-order chi connectivity index (χ0) is 33.3. The lowest BCUT2D eigenvalue weighted by atomic mass is 9.35. The van der Waals surface area contributed by atoms with Crippen LogP contribution in [0, 0.1) is 34.5 Å². The highest BCUT2D eigenvalue weighted by Crippen LogP contribution is 2.69. The summed E-state index contributed by atoms with van der Waals surface area (Å²) in [6.45, 7) is 18.1. The molecule has 3 aliphatic carbocycles. The van der Waals surface area contributed by atoms with Crippen LogP contribution in [0.4, 0.5) is 5.69 Å². The quantitative estimate of drug-likeness (QED) is 0.157. The van der Waals surface area contributed by atoms with Crippen molar-refractivity contribution in [3.63, 3.8) is 0 Å². The Bertz CT molecular complexity index is 1470. The monoisotopic (exact) mass is 609 g/mol. The summed E-state index contributed by atoms with van der Waals surface area (Å²) in [6, 6.07) is 2.60. The molecule has 0 spiro atoms. The zero-order valence-electron chi connectivity index (χ0n) is 27.6. The number of benzene rings is 1. The summed E-state index contributed by atoms with van der Waals surface area (Å²) in [5.74, 6) is -7.09. The van der Waals surface area contributed by atoms with Crippen molar-refractivity contribution >= 4 is 34.8 Å². The number of aromatic hydroxyl groups is 1. The Morgan fingerprint density at radius 3 is 2.23 bits per heavy atom. The Balaban J connectivity index is 1.94. The molecule has 44 heavy (non-hydrogen) atoms. The third-order valence-corrected chi connectivity index (χ3v) is 11.5. The number of carbonyl (C=O) groups excluding carboxylic acids is 5. The first-order chi connectivity index (χ1) is 20.4. The van der Waals surface area contributed by atoms with Crippen molar-refractivity contribution in [3.05, 3.63) is 34.4 Å². The van der Waals surface area contributed by atoms with Crippen LogP contribution in [0.3, 0.4) is 0 Å². The lowest BCUT2D eigenvalue weighted by Crippen LogP contribution is -2.77. The normalized spacial score (nSPS) is 33.9. The van der Waals surface area contributed by atoms with Crippen LogP contribution in [0.25, 0.3) is 0 Å². The van der Waals surface area contributed by atoms with E-state index >= 15 is 0 Å². The van der Waals surface area contributed by atoms with Gasteiger partial charge >= 0.3 is 5.97 Å². The van der Waals surface area contributed by atoms with E-state index in [4.69, 9.17) is 4.74 Å². The number of phenolic OH excluding ortho intramolecular Hbond substituents is 1. The number of esters is 1. The average Bonchev–Trinajstić information content (AvgIpc) is 2.94. The zero-order valence-corrected chi connectivity index (χ0v) is 27.6. The number of Topliss-reactive ketones (excluding diaryl/α,β-unsaturated/α-hetero) is 4. The van der Waals surface area contributed by atoms with Crippen molar-refractivity contribution < 1.29 is 38.9 Å². The number of ketones is 4. The fraction of sp³-hybridized carbons (Fsp3) is 0.629. The van der Waals surface area contributed by atoms with E-state index in [2.05, 4.69) is 5.32 Å². The summed E-state index contributed by atoms with van der Waals surface area (Å²) in [5, 5.41) is 27.0. The molecule has 1 aromatic carbocycles. The van der Waals surface area contributed by atoms with Crippen LogP contribution in [0.5, 0.6) is 5.75 Å². The van der Waals surface area contributed by atoms with Gasteiger partial charge in [-0.25, -0.2) is 4.79 Å². The summed E-state index contributed by atoms with van der Waals surface area (Å²) in [5.41, 5.74) is -4.00. The van der Waals surface area contributed by atoms with Gasteiger partial charge in [-0.1, -0.05) is 66.5 Å². The molecule has 240 valence electrons. The summed E-state index contributed by atoms with van der Waals surface area (Å²) < 4.78 is 5.19. The fourth-order valence-corrected chi connectivity index (χ4v) is 9.23. The molecule has 2 unspecified atom stereocenters. The SMILES string of the molecule is CCCC(Nc1ccc2c(c1O)C(=O)C1C(=O)[C@]3(O)C(=O)C(C(C)=O)=C(C)[C@@H](C(C)C)[C@]3(C)[C@@H](C)[C@]1(C)[C@H]2C)C(=O)OCC. The number of hydrogen-bond acceptors (Lipinski definition) is 9. The summed E-state index contributed by atoms with van der Waals surface area (Å²) in [4.78, 5) is 68.7. The van der Waals surface area contributed by atoms with E-state index < -0.39 is 81.0 Å². The smallest absolute Gasteiger partial charge is 0.328 e. The third-order valence-electron chi connectivity index (χ3n) is 11.5. The van der Waals surface area contributed by atoms with Gasteiger partial charge in [0.2, 0.25) is 5.78 Å². The number of aliphatic hydroxyl groups is 1. The molecule has 8 atom stereocenters. The van der Waals surface area contributed by atoms with Crippen molar-refractivity contribution in [1.29, 1.82) is 0 Å². The molecule has 3 aliphatic rings. The van der Waals surface area contributed by atoms with Crippen LogP contribution < -0.4 is 5.32 Å². The molecule has 9 heteroatoms. The molecule has 0 saturated heterocycles. The minimum absolute atomic E-state index is 0.0704. The molecule has 0 bridgehead atoms. The molecule has 0 aliphatic heterocycles. The number of hydrogen-bond donors (Lipinski definition) is 3. The minimum Gasteiger partial charge on any atom is -0.505 e. The molecule has 0 amide bonds. The van der Waals surface area contributed by atoms with Gasteiger partial charge in [-0.3, -0.25) is 19.2 Å². The lowest BCUT2D eigenvalue weighted by Gasteiger charge is -2.66.